The highest BCUT2D eigenvalue weighted by Crippen LogP contribution is 2.29. The minimum atomic E-state index is 0.359. The standard InChI is InChI=1S/C16H19NO/c1-12-9-10-14-15(11-12)18-16(17-14)13-7-5-3-2-4-6-8-13/h5,7,9-11,13H,2-4,6,8H2,1H3/b7-5-. The second-order valence-electron chi connectivity index (χ2n) is 5.20. The Labute approximate surface area is 108 Å². The molecule has 2 heteroatoms. The molecular formula is C16H19NO. The molecule has 0 amide bonds. The lowest BCUT2D eigenvalue weighted by molar-refractivity contribution is 0.473. The molecule has 18 heavy (non-hydrogen) atoms. The van der Waals surface area contributed by atoms with Crippen LogP contribution in [0, 0.1) is 6.92 Å². The van der Waals surface area contributed by atoms with E-state index in [1.54, 1.807) is 0 Å². The third-order valence-electron chi connectivity index (χ3n) is 3.63. The predicted octanol–water partition coefficient (Wildman–Crippen LogP) is 4.74. The lowest BCUT2D eigenvalue weighted by atomic mass is 9.97. The van der Waals surface area contributed by atoms with Gasteiger partial charge < -0.3 is 4.42 Å². The normalized spacial score (nSPS) is 22.6. The van der Waals surface area contributed by atoms with Crippen LogP contribution in [0.25, 0.3) is 11.1 Å². The molecule has 0 fully saturated rings. The first-order valence-electron chi connectivity index (χ1n) is 6.87. The first kappa shape index (κ1) is 11.5. The lowest BCUT2D eigenvalue weighted by Crippen LogP contribution is -1.97. The van der Waals surface area contributed by atoms with Crippen molar-refractivity contribution >= 4 is 11.1 Å². The van der Waals surface area contributed by atoms with Gasteiger partial charge in [-0.05, 0) is 43.9 Å². The number of aromatic nitrogens is 1. The van der Waals surface area contributed by atoms with Crippen LogP contribution in [0.2, 0.25) is 0 Å². The molecule has 0 N–H and O–H groups in total. The monoisotopic (exact) mass is 241 g/mol. The fourth-order valence-corrected chi connectivity index (χ4v) is 2.57. The largest absolute Gasteiger partial charge is 0.440 e. The van der Waals surface area contributed by atoms with Gasteiger partial charge in [-0.2, -0.15) is 0 Å². The summed E-state index contributed by atoms with van der Waals surface area (Å²) in [6.07, 6.45) is 10.8. The number of rotatable bonds is 1. The van der Waals surface area contributed by atoms with Gasteiger partial charge in [0.15, 0.2) is 5.58 Å². The molecule has 1 unspecified atom stereocenters. The van der Waals surface area contributed by atoms with Crippen molar-refractivity contribution in [2.75, 3.05) is 0 Å². The van der Waals surface area contributed by atoms with Crippen molar-refractivity contribution in [3.63, 3.8) is 0 Å². The maximum atomic E-state index is 5.92. The van der Waals surface area contributed by atoms with Gasteiger partial charge in [-0.1, -0.05) is 31.1 Å². The first-order chi connectivity index (χ1) is 8.83. The second kappa shape index (κ2) is 4.97. The van der Waals surface area contributed by atoms with Crippen molar-refractivity contribution in [2.45, 2.75) is 44.9 Å². The van der Waals surface area contributed by atoms with Crippen LogP contribution in [0.3, 0.4) is 0 Å². The third-order valence-corrected chi connectivity index (χ3v) is 3.63. The van der Waals surface area contributed by atoms with E-state index in [9.17, 15) is 0 Å². The van der Waals surface area contributed by atoms with Gasteiger partial charge in [-0.15, -0.1) is 0 Å². The van der Waals surface area contributed by atoms with Crippen molar-refractivity contribution in [1.82, 2.24) is 4.98 Å². The number of nitrogens with zero attached hydrogens (tertiary/aromatic N) is 1. The van der Waals surface area contributed by atoms with E-state index in [1.807, 2.05) is 6.07 Å². The van der Waals surface area contributed by atoms with Crippen molar-refractivity contribution in [1.29, 1.82) is 0 Å². The molecule has 2 nitrogen and oxygen atoms in total. The molecule has 0 saturated heterocycles. The highest BCUT2D eigenvalue weighted by atomic mass is 16.3. The maximum absolute atomic E-state index is 5.92. The van der Waals surface area contributed by atoms with Gasteiger partial charge in [-0.3, -0.25) is 0 Å². The summed E-state index contributed by atoms with van der Waals surface area (Å²) in [5.74, 6) is 1.24. The molecule has 1 atom stereocenters. The molecule has 1 aliphatic rings. The average molecular weight is 241 g/mol. The Morgan fingerprint density at radius 1 is 1.22 bits per heavy atom. The van der Waals surface area contributed by atoms with Gasteiger partial charge in [-0.25, -0.2) is 4.98 Å². The van der Waals surface area contributed by atoms with E-state index in [2.05, 4.69) is 36.2 Å². The van der Waals surface area contributed by atoms with Gasteiger partial charge in [0.1, 0.15) is 5.52 Å². The molecule has 94 valence electrons. The average Bonchev–Trinajstić information content (AvgIpc) is 2.71. The summed E-state index contributed by atoms with van der Waals surface area (Å²) < 4.78 is 5.92. The molecule has 1 aromatic carbocycles. The van der Waals surface area contributed by atoms with E-state index in [1.165, 1.54) is 31.2 Å². The Bertz CT molecular complexity index is 567. The van der Waals surface area contributed by atoms with E-state index < -0.39 is 0 Å². The van der Waals surface area contributed by atoms with Gasteiger partial charge in [0, 0.05) is 0 Å². The van der Waals surface area contributed by atoms with E-state index in [0.717, 1.165) is 23.4 Å². The van der Waals surface area contributed by atoms with Gasteiger partial charge in [0.05, 0.1) is 5.92 Å². The fraction of sp³-hybridized carbons (Fsp3) is 0.438. The second-order valence-corrected chi connectivity index (χ2v) is 5.20. The van der Waals surface area contributed by atoms with Crippen molar-refractivity contribution in [3.8, 4) is 0 Å². The summed E-state index contributed by atoms with van der Waals surface area (Å²) in [4.78, 5) is 4.63. The zero-order valence-corrected chi connectivity index (χ0v) is 10.9. The number of hydrogen-bond acceptors (Lipinski definition) is 2. The number of benzene rings is 1. The quantitative estimate of drug-likeness (QED) is 0.674. The van der Waals surface area contributed by atoms with Crippen molar-refractivity contribution in [3.05, 3.63) is 41.8 Å². The Morgan fingerprint density at radius 2 is 2.17 bits per heavy atom. The van der Waals surface area contributed by atoms with Crippen LogP contribution in [-0.2, 0) is 0 Å². The number of fused-ring (bicyclic) bond motifs is 1. The highest BCUT2D eigenvalue weighted by Gasteiger charge is 2.16. The maximum Gasteiger partial charge on any atom is 0.202 e. The number of hydrogen-bond donors (Lipinski definition) is 0. The third kappa shape index (κ3) is 2.33. The summed E-state index contributed by atoms with van der Waals surface area (Å²) in [7, 11) is 0. The predicted molar refractivity (Wildman–Crippen MR) is 73.7 cm³/mol. The molecule has 0 spiro atoms. The smallest absolute Gasteiger partial charge is 0.202 e. The zero-order valence-electron chi connectivity index (χ0n) is 10.9. The van der Waals surface area contributed by atoms with E-state index >= 15 is 0 Å². The van der Waals surface area contributed by atoms with Crippen LogP contribution in [0.4, 0.5) is 0 Å². The highest BCUT2D eigenvalue weighted by molar-refractivity contribution is 5.73. The van der Waals surface area contributed by atoms with Crippen LogP contribution in [-0.4, -0.2) is 4.98 Å². The Hall–Kier alpha value is -1.57. The topological polar surface area (TPSA) is 26.0 Å². The molecule has 1 heterocycles. The van der Waals surface area contributed by atoms with Crippen molar-refractivity contribution in [2.24, 2.45) is 0 Å². The molecule has 1 aliphatic carbocycles. The van der Waals surface area contributed by atoms with Gasteiger partial charge in [0.25, 0.3) is 0 Å². The first-order valence-corrected chi connectivity index (χ1v) is 6.87. The molecule has 0 radical (unpaired) electrons. The molecular weight excluding hydrogens is 222 g/mol. The summed E-state index contributed by atoms with van der Waals surface area (Å²) in [6, 6.07) is 6.20. The summed E-state index contributed by atoms with van der Waals surface area (Å²) >= 11 is 0. The fourth-order valence-electron chi connectivity index (χ4n) is 2.57. The molecule has 0 saturated carbocycles. The van der Waals surface area contributed by atoms with Crippen LogP contribution in [0.5, 0.6) is 0 Å². The molecule has 2 aromatic rings. The SMILES string of the molecule is Cc1ccc2nc(C3/C=C\CCCCC3)oc2c1. The van der Waals surface area contributed by atoms with Crippen LogP contribution in [0.1, 0.15) is 49.5 Å². The van der Waals surface area contributed by atoms with Gasteiger partial charge in [0.2, 0.25) is 5.89 Å². The molecule has 0 bridgehead atoms. The minimum Gasteiger partial charge on any atom is -0.440 e. The number of oxazole rings is 1. The Kier molecular flexibility index (Phi) is 3.18. The van der Waals surface area contributed by atoms with Crippen LogP contribution < -0.4 is 0 Å². The van der Waals surface area contributed by atoms with Gasteiger partial charge >= 0.3 is 0 Å². The number of aryl methyl sites for hydroxylation is 1. The van der Waals surface area contributed by atoms with Crippen LogP contribution in [0.15, 0.2) is 34.8 Å². The summed E-state index contributed by atoms with van der Waals surface area (Å²) in [5, 5.41) is 0. The van der Waals surface area contributed by atoms with Crippen LogP contribution >= 0.6 is 0 Å². The Balaban J connectivity index is 1.94. The minimum absolute atomic E-state index is 0.359. The molecule has 1 aromatic heterocycles. The van der Waals surface area contributed by atoms with E-state index in [-0.39, 0.29) is 0 Å². The van der Waals surface area contributed by atoms with E-state index in [0.29, 0.717) is 5.92 Å². The lowest BCUT2D eigenvalue weighted by Gasteiger charge is -2.11. The zero-order chi connectivity index (χ0) is 12.4. The Morgan fingerprint density at radius 3 is 3.11 bits per heavy atom. The summed E-state index contributed by atoms with van der Waals surface area (Å²) in [5.41, 5.74) is 3.12. The van der Waals surface area contributed by atoms with Crippen molar-refractivity contribution < 1.29 is 4.42 Å². The van der Waals surface area contributed by atoms with E-state index in [4.69, 9.17) is 4.42 Å². The number of allylic oxidation sites excluding steroid dienone is 2. The molecule has 0 aliphatic heterocycles. The molecule has 3 rings (SSSR count). The summed E-state index contributed by atoms with van der Waals surface area (Å²) in [6.45, 7) is 2.08.